The van der Waals surface area contributed by atoms with Crippen LogP contribution in [0.25, 0.3) is 0 Å². The molecule has 0 spiro atoms. The quantitative estimate of drug-likeness (QED) is 0.839. The molecule has 0 saturated carbocycles. The summed E-state index contributed by atoms with van der Waals surface area (Å²) in [7, 11) is 0. The molecule has 1 aromatic carbocycles. The molecule has 0 fully saturated rings. The first-order valence-corrected chi connectivity index (χ1v) is 7.19. The maximum absolute atomic E-state index is 9.22. The van der Waals surface area contributed by atoms with Gasteiger partial charge in [0.05, 0.1) is 29.1 Å². The predicted molar refractivity (Wildman–Crippen MR) is 82.9 cm³/mol. The third-order valence-electron chi connectivity index (χ3n) is 3.17. The molecule has 0 aliphatic carbocycles. The largest absolute Gasteiger partial charge is 0.392 e. The van der Waals surface area contributed by atoms with Crippen molar-refractivity contribution < 1.29 is 5.11 Å². The van der Waals surface area contributed by atoms with Crippen LogP contribution in [0.5, 0.6) is 0 Å². The van der Waals surface area contributed by atoms with Crippen LogP contribution >= 0.6 is 11.6 Å². The van der Waals surface area contributed by atoms with Crippen LogP contribution in [0.3, 0.4) is 0 Å². The lowest BCUT2D eigenvalue weighted by atomic mass is 10.1. The van der Waals surface area contributed by atoms with Crippen molar-refractivity contribution in [3.05, 3.63) is 58.9 Å². The molecule has 0 bridgehead atoms. The third kappa shape index (κ3) is 3.71. The Labute approximate surface area is 124 Å². The summed E-state index contributed by atoms with van der Waals surface area (Å²) in [6.45, 7) is 2.15. The Balaban J connectivity index is 2.24. The fourth-order valence-electron chi connectivity index (χ4n) is 2.13. The van der Waals surface area contributed by atoms with Crippen LogP contribution in [0, 0.1) is 0 Å². The number of hydrogen-bond acceptors (Lipinski definition) is 3. The maximum atomic E-state index is 9.22. The van der Waals surface area contributed by atoms with E-state index in [1.807, 2.05) is 30.3 Å². The molecular weight excluding hydrogens is 272 g/mol. The van der Waals surface area contributed by atoms with Gasteiger partial charge in [-0.1, -0.05) is 37.1 Å². The van der Waals surface area contributed by atoms with Crippen LogP contribution in [0.2, 0.25) is 5.02 Å². The first-order valence-electron chi connectivity index (χ1n) is 6.81. The number of anilines is 1. The second-order valence-electron chi connectivity index (χ2n) is 4.71. The summed E-state index contributed by atoms with van der Waals surface area (Å²) in [5.74, 6) is 0. The average molecular weight is 291 g/mol. The van der Waals surface area contributed by atoms with Crippen LogP contribution in [-0.2, 0) is 6.61 Å². The van der Waals surface area contributed by atoms with Crippen molar-refractivity contribution in [3.63, 3.8) is 0 Å². The van der Waals surface area contributed by atoms with Crippen molar-refractivity contribution in [1.29, 1.82) is 0 Å². The summed E-state index contributed by atoms with van der Waals surface area (Å²) in [6, 6.07) is 11.5. The highest BCUT2D eigenvalue weighted by Crippen LogP contribution is 2.29. The Morgan fingerprint density at radius 3 is 2.80 bits per heavy atom. The zero-order chi connectivity index (χ0) is 14.4. The van der Waals surface area contributed by atoms with Gasteiger partial charge in [-0.05, 0) is 36.2 Å². The molecule has 2 aromatic rings. The predicted octanol–water partition coefficient (Wildman–Crippen LogP) is 4.18. The Hall–Kier alpha value is -1.58. The van der Waals surface area contributed by atoms with E-state index in [4.69, 9.17) is 11.6 Å². The zero-order valence-corrected chi connectivity index (χ0v) is 12.3. The minimum absolute atomic E-state index is 0.00782. The molecule has 20 heavy (non-hydrogen) atoms. The van der Waals surface area contributed by atoms with Gasteiger partial charge in [-0.3, -0.25) is 4.98 Å². The molecule has 1 heterocycles. The van der Waals surface area contributed by atoms with E-state index in [1.54, 1.807) is 12.3 Å². The number of rotatable bonds is 6. The van der Waals surface area contributed by atoms with Crippen molar-refractivity contribution in [2.45, 2.75) is 32.4 Å². The number of nitrogens with zero attached hydrogens (tertiary/aromatic N) is 1. The monoisotopic (exact) mass is 290 g/mol. The van der Waals surface area contributed by atoms with E-state index in [-0.39, 0.29) is 12.6 Å². The van der Waals surface area contributed by atoms with Crippen molar-refractivity contribution in [2.75, 3.05) is 5.32 Å². The van der Waals surface area contributed by atoms with E-state index >= 15 is 0 Å². The fraction of sp³-hybridized carbons (Fsp3) is 0.312. The van der Waals surface area contributed by atoms with E-state index in [9.17, 15) is 5.11 Å². The van der Waals surface area contributed by atoms with E-state index in [0.717, 1.165) is 29.8 Å². The highest BCUT2D eigenvalue weighted by molar-refractivity contribution is 6.33. The third-order valence-corrected chi connectivity index (χ3v) is 3.49. The molecule has 0 saturated heterocycles. The van der Waals surface area contributed by atoms with E-state index < -0.39 is 0 Å². The summed E-state index contributed by atoms with van der Waals surface area (Å²) >= 11 is 6.22. The molecule has 2 N–H and O–H groups in total. The van der Waals surface area contributed by atoms with Gasteiger partial charge in [-0.25, -0.2) is 0 Å². The Bertz CT molecular complexity index is 545. The minimum atomic E-state index is 0.00782. The summed E-state index contributed by atoms with van der Waals surface area (Å²) in [6.07, 6.45) is 3.81. The highest BCUT2D eigenvalue weighted by Gasteiger charge is 2.13. The molecule has 2 rings (SSSR count). The lowest BCUT2D eigenvalue weighted by molar-refractivity contribution is 0.282. The standard InChI is InChI=1S/C16H19ClN2O/c1-2-5-15(14-6-3-4-9-18-14)19-16-10-12(11-20)7-8-13(16)17/h3-4,6-10,15,19-20H,2,5,11H2,1H3. The average Bonchev–Trinajstić information content (AvgIpc) is 2.49. The highest BCUT2D eigenvalue weighted by atomic mass is 35.5. The molecule has 4 heteroatoms. The van der Waals surface area contributed by atoms with E-state index in [0.29, 0.717) is 5.02 Å². The molecule has 106 valence electrons. The van der Waals surface area contributed by atoms with Crippen LogP contribution in [-0.4, -0.2) is 10.1 Å². The second-order valence-corrected chi connectivity index (χ2v) is 5.12. The summed E-state index contributed by atoms with van der Waals surface area (Å²) in [5, 5.41) is 13.3. The number of halogens is 1. The molecule has 0 amide bonds. The van der Waals surface area contributed by atoms with Gasteiger partial charge in [-0.15, -0.1) is 0 Å². The Morgan fingerprint density at radius 2 is 2.15 bits per heavy atom. The minimum Gasteiger partial charge on any atom is -0.392 e. The zero-order valence-electron chi connectivity index (χ0n) is 11.5. The number of pyridine rings is 1. The molecule has 0 aliphatic heterocycles. The smallest absolute Gasteiger partial charge is 0.0685 e. The van der Waals surface area contributed by atoms with Gasteiger partial charge in [-0.2, -0.15) is 0 Å². The van der Waals surface area contributed by atoms with Gasteiger partial charge in [0.2, 0.25) is 0 Å². The number of benzene rings is 1. The maximum Gasteiger partial charge on any atom is 0.0685 e. The number of aliphatic hydroxyl groups excluding tert-OH is 1. The molecule has 1 unspecified atom stereocenters. The van der Waals surface area contributed by atoms with Gasteiger partial charge in [0, 0.05) is 6.20 Å². The SMILES string of the molecule is CCCC(Nc1cc(CO)ccc1Cl)c1ccccn1. The first kappa shape index (κ1) is 14.8. The van der Waals surface area contributed by atoms with E-state index in [2.05, 4.69) is 17.2 Å². The summed E-state index contributed by atoms with van der Waals surface area (Å²) < 4.78 is 0. The number of nitrogens with one attached hydrogen (secondary N) is 1. The second kappa shape index (κ2) is 7.27. The Kier molecular flexibility index (Phi) is 5.39. The van der Waals surface area contributed by atoms with Crippen molar-refractivity contribution >= 4 is 17.3 Å². The fourth-order valence-corrected chi connectivity index (χ4v) is 2.31. The molecule has 1 aromatic heterocycles. The van der Waals surface area contributed by atoms with Gasteiger partial charge in [0.25, 0.3) is 0 Å². The van der Waals surface area contributed by atoms with Crippen LogP contribution in [0.1, 0.15) is 37.1 Å². The number of aromatic nitrogens is 1. The van der Waals surface area contributed by atoms with Gasteiger partial charge in [0.1, 0.15) is 0 Å². The Morgan fingerprint density at radius 1 is 1.30 bits per heavy atom. The molecule has 0 aliphatic rings. The van der Waals surface area contributed by atoms with Crippen molar-refractivity contribution in [2.24, 2.45) is 0 Å². The molecule has 0 radical (unpaired) electrons. The normalized spacial score (nSPS) is 12.2. The molecular formula is C16H19ClN2O. The van der Waals surface area contributed by atoms with Gasteiger partial charge < -0.3 is 10.4 Å². The first-order chi connectivity index (χ1) is 9.74. The van der Waals surface area contributed by atoms with Gasteiger partial charge >= 0.3 is 0 Å². The van der Waals surface area contributed by atoms with Gasteiger partial charge in [0.15, 0.2) is 0 Å². The molecule has 3 nitrogen and oxygen atoms in total. The number of hydrogen-bond donors (Lipinski definition) is 2. The van der Waals surface area contributed by atoms with Crippen LogP contribution in [0.15, 0.2) is 42.6 Å². The number of aliphatic hydroxyl groups is 1. The summed E-state index contributed by atoms with van der Waals surface area (Å²) in [4.78, 5) is 4.41. The lowest BCUT2D eigenvalue weighted by Gasteiger charge is -2.20. The van der Waals surface area contributed by atoms with E-state index in [1.165, 1.54) is 0 Å². The summed E-state index contributed by atoms with van der Waals surface area (Å²) in [5.41, 5.74) is 2.68. The van der Waals surface area contributed by atoms with Crippen molar-refractivity contribution in [1.82, 2.24) is 4.98 Å². The van der Waals surface area contributed by atoms with Crippen LogP contribution < -0.4 is 5.32 Å². The lowest BCUT2D eigenvalue weighted by Crippen LogP contribution is -2.12. The van der Waals surface area contributed by atoms with Crippen LogP contribution in [0.4, 0.5) is 5.69 Å². The molecule has 1 atom stereocenters. The van der Waals surface area contributed by atoms with Crippen molar-refractivity contribution in [3.8, 4) is 0 Å². The topological polar surface area (TPSA) is 45.1 Å².